The maximum Gasteiger partial charge on any atom is 0.232 e. The molecule has 2 aliphatic rings. The van der Waals surface area contributed by atoms with Gasteiger partial charge in [0.25, 0.3) is 0 Å². The van der Waals surface area contributed by atoms with Crippen molar-refractivity contribution in [3.8, 4) is 11.5 Å². The number of halogens is 1. The molecule has 1 unspecified atom stereocenters. The lowest BCUT2D eigenvalue weighted by Gasteiger charge is -2.43. The van der Waals surface area contributed by atoms with Crippen LogP contribution in [0.2, 0.25) is 5.02 Å². The number of amides is 1. The summed E-state index contributed by atoms with van der Waals surface area (Å²) in [4.78, 5) is 28.5. The molecule has 2 aromatic rings. The van der Waals surface area contributed by atoms with Crippen molar-refractivity contribution in [1.82, 2.24) is 0 Å². The molecule has 1 heterocycles. The Hall–Kier alpha value is -2.79. The van der Waals surface area contributed by atoms with Crippen molar-refractivity contribution in [3.05, 3.63) is 63.8 Å². The molecule has 2 aromatic carbocycles. The highest BCUT2D eigenvalue weighted by atomic mass is 35.5. The van der Waals surface area contributed by atoms with Crippen LogP contribution < -0.4 is 9.64 Å². The van der Waals surface area contributed by atoms with Crippen LogP contribution in [0.5, 0.6) is 11.5 Å². The molecule has 162 valence electrons. The monoisotopic (exact) mass is 439 g/mol. The quantitative estimate of drug-likeness (QED) is 0.683. The maximum absolute atomic E-state index is 13.4. The van der Waals surface area contributed by atoms with Crippen LogP contribution in [0.4, 0.5) is 5.69 Å². The molecule has 1 N–H and O–H groups in total. The van der Waals surface area contributed by atoms with Crippen molar-refractivity contribution >= 4 is 29.0 Å². The Bertz CT molecular complexity index is 1120. The van der Waals surface area contributed by atoms with Crippen LogP contribution in [0, 0.1) is 12.3 Å². The number of ether oxygens (including phenoxy) is 1. The Labute approximate surface area is 187 Å². The second kappa shape index (κ2) is 7.72. The zero-order valence-corrected chi connectivity index (χ0v) is 18.9. The fourth-order valence-corrected chi connectivity index (χ4v) is 4.81. The third-order valence-electron chi connectivity index (χ3n) is 6.16. The summed E-state index contributed by atoms with van der Waals surface area (Å²) in [6.07, 6.45) is 1.19. The molecule has 31 heavy (non-hydrogen) atoms. The molecule has 1 amide bonds. The van der Waals surface area contributed by atoms with Crippen LogP contribution in [0.1, 0.15) is 50.2 Å². The van der Waals surface area contributed by atoms with E-state index in [0.29, 0.717) is 34.9 Å². The van der Waals surface area contributed by atoms with Gasteiger partial charge in [-0.05, 0) is 54.2 Å². The van der Waals surface area contributed by atoms with Gasteiger partial charge in [-0.3, -0.25) is 14.5 Å². The van der Waals surface area contributed by atoms with Gasteiger partial charge in [0.05, 0.1) is 12.8 Å². The smallest absolute Gasteiger partial charge is 0.232 e. The molecule has 0 radical (unpaired) electrons. The number of carbonyl (C=O) groups excluding carboxylic acids is 2. The number of anilines is 1. The van der Waals surface area contributed by atoms with Gasteiger partial charge >= 0.3 is 0 Å². The molecule has 1 aliphatic carbocycles. The summed E-state index contributed by atoms with van der Waals surface area (Å²) < 4.78 is 5.25. The van der Waals surface area contributed by atoms with E-state index in [2.05, 4.69) is 0 Å². The Kier molecular flexibility index (Phi) is 5.34. The van der Waals surface area contributed by atoms with Crippen molar-refractivity contribution in [2.45, 2.75) is 46.0 Å². The van der Waals surface area contributed by atoms with Gasteiger partial charge in [-0.2, -0.15) is 0 Å². The predicted molar refractivity (Wildman–Crippen MR) is 121 cm³/mol. The standard InChI is InChI=1S/C25H26ClNO4/c1-14-5-7-16(10-18(14)26)27-19-12-25(2,3)13-21(29)24(19)17(11-23(27)30)15-6-8-20(28)22(9-15)31-4/h5-10,17,28H,11-13H2,1-4H3. The number of aromatic hydroxyl groups is 1. The number of allylic oxidation sites excluding steroid dienone is 2. The van der Waals surface area contributed by atoms with Crippen molar-refractivity contribution in [2.75, 3.05) is 12.0 Å². The number of methoxy groups -OCH3 is 1. The van der Waals surface area contributed by atoms with E-state index in [0.717, 1.165) is 16.8 Å². The van der Waals surface area contributed by atoms with Gasteiger partial charge in [-0.15, -0.1) is 0 Å². The fourth-order valence-electron chi connectivity index (χ4n) is 4.63. The van der Waals surface area contributed by atoms with Crippen LogP contribution in [-0.2, 0) is 9.59 Å². The summed E-state index contributed by atoms with van der Waals surface area (Å²) >= 11 is 6.35. The molecular weight excluding hydrogens is 414 g/mol. The molecule has 5 nitrogen and oxygen atoms in total. The minimum atomic E-state index is -0.377. The number of hydrogen-bond donors (Lipinski definition) is 1. The van der Waals surface area contributed by atoms with E-state index in [4.69, 9.17) is 16.3 Å². The van der Waals surface area contributed by atoms with Crippen molar-refractivity contribution in [1.29, 1.82) is 0 Å². The van der Waals surface area contributed by atoms with E-state index in [1.165, 1.54) is 7.11 Å². The summed E-state index contributed by atoms with van der Waals surface area (Å²) in [7, 11) is 1.48. The lowest BCUT2D eigenvalue weighted by atomic mass is 9.69. The van der Waals surface area contributed by atoms with Crippen molar-refractivity contribution in [2.24, 2.45) is 5.41 Å². The second-order valence-electron chi connectivity index (χ2n) is 9.15. The van der Waals surface area contributed by atoms with E-state index in [1.807, 2.05) is 32.9 Å². The zero-order valence-electron chi connectivity index (χ0n) is 18.2. The SMILES string of the molecule is COc1cc(C2CC(=O)N(c3ccc(C)c(Cl)c3)C3=C2C(=O)CC(C)(C)C3)ccc1O. The molecule has 0 bridgehead atoms. The number of rotatable bonds is 3. The molecule has 0 saturated carbocycles. The van der Waals surface area contributed by atoms with Crippen LogP contribution in [0.25, 0.3) is 0 Å². The number of phenols is 1. The molecule has 0 saturated heterocycles. The summed E-state index contributed by atoms with van der Waals surface area (Å²) in [5.74, 6) is -0.0592. The summed E-state index contributed by atoms with van der Waals surface area (Å²) in [6.45, 7) is 6.01. The number of benzene rings is 2. The molecule has 1 aliphatic heterocycles. The van der Waals surface area contributed by atoms with Gasteiger partial charge in [0, 0.05) is 35.1 Å². The third-order valence-corrected chi connectivity index (χ3v) is 6.57. The van der Waals surface area contributed by atoms with E-state index < -0.39 is 0 Å². The summed E-state index contributed by atoms with van der Waals surface area (Å²) in [6, 6.07) is 10.6. The van der Waals surface area contributed by atoms with E-state index in [1.54, 1.807) is 29.2 Å². The summed E-state index contributed by atoms with van der Waals surface area (Å²) in [5, 5.41) is 10.6. The molecule has 1 atom stereocenters. The van der Waals surface area contributed by atoms with Crippen LogP contribution in [0.15, 0.2) is 47.7 Å². The van der Waals surface area contributed by atoms with Gasteiger partial charge < -0.3 is 9.84 Å². The molecule has 6 heteroatoms. The number of phenolic OH excluding ortho intramolecular Hbond substituents is 1. The predicted octanol–water partition coefficient (Wildman–Crippen LogP) is 5.53. The van der Waals surface area contributed by atoms with Gasteiger partial charge in [0.15, 0.2) is 17.3 Å². The van der Waals surface area contributed by atoms with Gasteiger partial charge in [0.2, 0.25) is 5.91 Å². The van der Waals surface area contributed by atoms with Crippen LogP contribution in [0.3, 0.4) is 0 Å². The first-order chi connectivity index (χ1) is 14.6. The van der Waals surface area contributed by atoms with Crippen molar-refractivity contribution < 1.29 is 19.4 Å². The highest BCUT2D eigenvalue weighted by molar-refractivity contribution is 6.31. The Morgan fingerprint density at radius 1 is 1.13 bits per heavy atom. The van der Waals surface area contributed by atoms with E-state index in [9.17, 15) is 14.7 Å². The minimum absolute atomic E-state index is 0.0228. The highest BCUT2D eigenvalue weighted by Crippen LogP contribution is 2.49. The summed E-state index contributed by atoms with van der Waals surface area (Å²) in [5.41, 5.74) is 3.55. The molecule has 0 fully saturated rings. The Balaban J connectivity index is 1.90. The van der Waals surface area contributed by atoms with Gasteiger partial charge in [-0.1, -0.05) is 37.6 Å². The topological polar surface area (TPSA) is 66.8 Å². The van der Waals surface area contributed by atoms with Gasteiger partial charge in [0.1, 0.15) is 0 Å². The Morgan fingerprint density at radius 2 is 1.87 bits per heavy atom. The van der Waals surface area contributed by atoms with Crippen molar-refractivity contribution in [3.63, 3.8) is 0 Å². The molecule has 0 spiro atoms. The average Bonchev–Trinajstić information content (AvgIpc) is 2.69. The third kappa shape index (κ3) is 3.83. The lowest BCUT2D eigenvalue weighted by molar-refractivity contribution is -0.121. The lowest BCUT2D eigenvalue weighted by Crippen LogP contribution is -2.43. The first-order valence-corrected chi connectivity index (χ1v) is 10.7. The fraction of sp³-hybridized carbons (Fsp3) is 0.360. The number of nitrogens with zero attached hydrogens (tertiary/aromatic N) is 1. The molecule has 0 aromatic heterocycles. The maximum atomic E-state index is 13.4. The largest absolute Gasteiger partial charge is 0.504 e. The second-order valence-corrected chi connectivity index (χ2v) is 9.56. The number of carbonyl (C=O) groups is 2. The number of aryl methyl sites for hydroxylation is 1. The number of hydrogen-bond acceptors (Lipinski definition) is 4. The van der Waals surface area contributed by atoms with E-state index in [-0.39, 0.29) is 35.2 Å². The van der Waals surface area contributed by atoms with Crippen LogP contribution in [-0.4, -0.2) is 23.9 Å². The number of Topliss-reactive ketones (excluding diaryl/α,β-unsaturated/α-hetero) is 1. The molecule has 4 rings (SSSR count). The number of ketones is 1. The van der Waals surface area contributed by atoms with Crippen LogP contribution >= 0.6 is 11.6 Å². The zero-order chi connectivity index (χ0) is 22.5. The Morgan fingerprint density at radius 3 is 2.55 bits per heavy atom. The first-order valence-electron chi connectivity index (χ1n) is 10.3. The first kappa shape index (κ1) is 21.4. The highest BCUT2D eigenvalue weighted by Gasteiger charge is 2.44. The van der Waals surface area contributed by atoms with Gasteiger partial charge in [-0.25, -0.2) is 0 Å². The van der Waals surface area contributed by atoms with E-state index >= 15 is 0 Å². The minimum Gasteiger partial charge on any atom is -0.504 e. The normalized spacial score (nSPS) is 20.7. The average molecular weight is 440 g/mol. The molecular formula is C25H26ClNO4.